The molecule has 0 aromatic carbocycles. The van der Waals surface area contributed by atoms with E-state index in [4.69, 9.17) is 11.6 Å². The fourth-order valence-corrected chi connectivity index (χ4v) is 4.91. The van der Waals surface area contributed by atoms with E-state index in [1.54, 1.807) is 32.0 Å². The summed E-state index contributed by atoms with van der Waals surface area (Å²) in [5.41, 5.74) is 2.62. The minimum atomic E-state index is -0.468. The summed E-state index contributed by atoms with van der Waals surface area (Å²) in [6.45, 7) is 9.37. The second kappa shape index (κ2) is 10.7. The zero-order chi connectivity index (χ0) is 25.2. The first-order valence-electron chi connectivity index (χ1n) is 11.5. The van der Waals surface area contributed by atoms with Crippen molar-refractivity contribution >= 4 is 35.2 Å². The van der Waals surface area contributed by atoms with E-state index in [2.05, 4.69) is 21.8 Å². The van der Waals surface area contributed by atoms with Crippen molar-refractivity contribution in [1.82, 2.24) is 20.0 Å². The SMILES string of the molecule is C=C1C(C(=O)NCC2C(=O)N=C(C)C=C2C)=CC(Cl)=CC1N(C)C1CCN(C(=O)N(C)C)CC1. The molecule has 1 fully saturated rings. The molecular weight excluding hydrogens is 454 g/mol. The molecule has 9 heteroatoms. The first-order valence-corrected chi connectivity index (χ1v) is 11.9. The number of nitrogens with one attached hydrogen (secondary N) is 1. The van der Waals surface area contributed by atoms with Crippen LogP contribution in [-0.4, -0.2) is 91.1 Å². The lowest BCUT2D eigenvalue weighted by atomic mass is 9.90. The van der Waals surface area contributed by atoms with E-state index in [0.29, 0.717) is 35.0 Å². The number of nitrogens with zero attached hydrogens (tertiary/aromatic N) is 4. The van der Waals surface area contributed by atoms with Crippen LogP contribution >= 0.6 is 11.6 Å². The van der Waals surface area contributed by atoms with E-state index in [0.717, 1.165) is 18.4 Å². The highest BCUT2D eigenvalue weighted by atomic mass is 35.5. The first kappa shape index (κ1) is 25.9. The average Bonchev–Trinajstić information content (AvgIpc) is 2.78. The van der Waals surface area contributed by atoms with Gasteiger partial charge in [0.25, 0.3) is 11.8 Å². The standard InChI is InChI=1S/C25H34ClN5O3/c1-15-11-16(2)28-24(33)21(15)14-27-23(32)20-12-18(26)13-22(17(20)3)30(6)19-7-9-31(10-8-19)25(34)29(4)5/h11-13,19,21-22H,3,7-10,14H2,1-2,4-6H3,(H,27,32). The number of aliphatic imine (C=N–C) groups is 1. The van der Waals surface area contributed by atoms with Gasteiger partial charge in [-0.15, -0.1) is 0 Å². The summed E-state index contributed by atoms with van der Waals surface area (Å²) >= 11 is 6.41. The van der Waals surface area contributed by atoms with E-state index in [9.17, 15) is 14.4 Å². The van der Waals surface area contributed by atoms with Crippen molar-refractivity contribution in [2.45, 2.75) is 38.8 Å². The lowest BCUT2D eigenvalue weighted by molar-refractivity contribution is -0.121. The quantitative estimate of drug-likeness (QED) is 0.646. The number of hydrogen-bond donors (Lipinski definition) is 1. The van der Waals surface area contributed by atoms with Crippen LogP contribution in [0.25, 0.3) is 0 Å². The summed E-state index contributed by atoms with van der Waals surface area (Å²) < 4.78 is 0. The average molecular weight is 488 g/mol. The molecule has 184 valence electrons. The van der Waals surface area contributed by atoms with Gasteiger partial charge in [-0.2, -0.15) is 0 Å². The molecule has 0 bridgehead atoms. The molecule has 34 heavy (non-hydrogen) atoms. The van der Waals surface area contributed by atoms with Crippen LogP contribution in [0.2, 0.25) is 0 Å². The maximum absolute atomic E-state index is 13.0. The molecule has 0 spiro atoms. The number of rotatable bonds is 5. The van der Waals surface area contributed by atoms with Crippen LogP contribution in [0.4, 0.5) is 4.79 Å². The lowest BCUT2D eigenvalue weighted by Crippen LogP contribution is -2.51. The number of hydrogen-bond acceptors (Lipinski definition) is 4. The molecule has 4 amide bonds. The number of piperidine rings is 1. The van der Waals surface area contributed by atoms with Crippen molar-refractivity contribution in [3.8, 4) is 0 Å². The van der Waals surface area contributed by atoms with Crippen molar-refractivity contribution in [3.05, 3.63) is 46.6 Å². The van der Waals surface area contributed by atoms with Crippen LogP contribution in [0.15, 0.2) is 51.6 Å². The Morgan fingerprint density at radius 2 is 1.85 bits per heavy atom. The van der Waals surface area contributed by atoms with Gasteiger partial charge < -0.3 is 15.1 Å². The summed E-state index contributed by atoms with van der Waals surface area (Å²) in [7, 11) is 5.52. The van der Waals surface area contributed by atoms with Crippen LogP contribution < -0.4 is 5.32 Å². The Hall–Kier alpha value is -2.71. The highest BCUT2D eigenvalue weighted by molar-refractivity contribution is 6.32. The molecule has 2 heterocycles. The van der Waals surface area contributed by atoms with Gasteiger partial charge in [0.15, 0.2) is 0 Å². The van der Waals surface area contributed by atoms with Crippen molar-refractivity contribution < 1.29 is 14.4 Å². The van der Waals surface area contributed by atoms with Crippen molar-refractivity contribution in [2.24, 2.45) is 10.9 Å². The molecule has 2 atom stereocenters. The third-order valence-electron chi connectivity index (χ3n) is 6.72. The van der Waals surface area contributed by atoms with Gasteiger partial charge in [-0.1, -0.05) is 23.8 Å². The van der Waals surface area contributed by atoms with E-state index in [1.165, 1.54) is 0 Å². The van der Waals surface area contributed by atoms with Crippen LogP contribution in [0, 0.1) is 5.92 Å². The molecule has 8 nitrogen and oxygen atoms in total. The molecule has 0 aromatic heterocycles. The molecular formula is C25H34ClN5O3. The Balaban J connectivity index is 1.63. The third kappa shape index (κ3) is 5.67. The molecule has 2 aliphatic heterocycles. The van der Waals surface area contributed by atoms with Gasteiger partial charge >= 0.3 is 6.03 Å². The van der Waals surface area contributed by atoms with Crippen molar-refractivity contribution in [1.29, 1.82) is 0 Å². The maximum Gasteiger partial charge on any atom is 0.319 e. The number of allylic oxidation sites excluding steroid dienone is 3. The van der Waals surface area contributed by atoms with E-state index >= 15 is 0 Å². The topological polar surface area (TPSA) is 85.3 Å². The molecule has 1 aliphatic carbocycles. The van der Waals surface area contributed by atoms with Gasteiger partial charge in [0, 0.05) is 56.1 Å². The van der Waals surface area contributed by atoms with Crippen LogP contribution in [0.3, 0.4) is 0 Å². The van der Waals surface area contributed by atoms with Crippen molar-refractivity contribution in [3.63, 3.8) is 0 Å². The number of carbonyl (C=O) groups excluding carboxylic acids is 3. The number of dihydropyridines is 1. The minimum absolute atomic E-state index is 0.0235. The Labute approximate surface area is 206 Å². The Kier molecular flexibility index (Phi) is 8.15. The Morgan fingerprint density at radius 3 is 2.44 bits per heavy atom. The van der Waals surface area contributed by atoms with Crippen molar-refractivity contribution in [2.75, 3.05) is 40.8 Å². The van der Waals surface area contributed by atoms with Gasteiger partial charge in [-0.05, 0) is 57.5 Å². The molecule has 3 rings (SSSR count). The number of likely N-dealkylation sites (N-methyl/N-ethyl adjacent to an activating group) is 1. The number of urea groups is 1. The summed E-state index contributed by atoms with van der Waals surface area (Å²) in [4.78, 5) is 47.2. The first-order chi connectivity index (χ1) is 16.0. The van der Waals surface area contributed by atoms with E-state index < -0.39 is 5.92 Å². The van der Waals surface area contributed by atoms with Crippen LogP contribution in [0.5, 0.6) is 0 Å². The smallest absolute Gasteiger partial charge is 0.319 e. The number of amides is 4. The predicted octanol–water partition coefficient (Wildman–Crippen LogP) is 2.73. The lowest BCUT2D eigenvalue weighted by Gasteiger charge is -2.41. The van der Waals surface area contributed by atoms with Crippen LogP contribution in [0.1, 0.15) is 26.7 Å². The molecule has 1 saturated heterocycles. The summed E-state index contributed by atoms with van der Waals surface area (Å²) in [6.07, 6.45) is 7.03. The van der Waals surface area contributed by atoms with Gasteiger partial charge in [0.2, 0.25) is 0 Å². The highest BCUT2D eigenvalue weighted by Crippen LogP contribution is 2.31. The van der Waals surface area contributed by atoms with E-state index in [-0.39, 0.29) is 36.5 Å². The largest absolute Gasteiger partial charge is 0.351 e. The summed E-state index contributed by atoms with van der Waals surface area (Å²) in [5, 5.41) is 3.34. The Bertz CT molecular complexity index is 1000. The summed E-state index contributed by atoms with van der Waals surface area (Å²) in [6, 6.07) is 0.0183. The predicted molar refractivity (Wildman–Crippen MR) is 135 cm³/mol. The van der Waals surface area contributed by atoms with Gasteiger partial charge in [0.1, 0.15) is 0 Å². The second-order valence-electron chi connectivity index (χ2n) is 9.38. The fraction of sp³-hybridized carbons (Fsp3) is 0.520. The normalized spacial score (nSPS) is 23.8. The fourth-order valence-electron chi connectivity index (χ4n) is 4.69. The second-order valence-corrected chi connectivity index (χ2v) is 9.82. The highest BCUT2D eigenvalue weighted by Gasteiger charge is 2.33. The monoisotopic (exact) mass is 487 g/mol. The molecule has 3 aliphatic rings. The molecule has 0 aromatic rings. The minimum Gasteiger partial charge on any atom is -0.351 e. The zero-order valence-electron chi connectivity index (χ0n) is 20.6. The maximum atomic E-state index is 13.0. The molecule has 0 radical (unpaired) electrons. The van der Waals surface area contributed by atoms with Crippen LogP contribution in [-0.2, 0) is 9.59 Å². The summed E-state index contributed by atoms with van der Waals surface area (Å²) in [5.74, 6) is -1.03. The zero-order valence-corrected chi connectivity index (χ0v) is 21.4. The molecule has 1 N–H and O–H groups in total. The Morgan fingerprint density at radius 1 is 1.21 bits per heavy atom. The molecule has 0 saturated carbocycles. The number of carbonyl (C=O) groups is 3. The van der Waals surface area contributed by atoms with Gasteiger partial charge in [-0.25, -0.2) is 9.79 Å². The number of likely N-dealkylation sites (tertiary alicyclic amines) is 1. The van der Waals surface area contributed by atoms with Gasteiger partial charge in [0.05, 0.1) is 12.0 Å². The number of halogens is 1. The van der Waals surface area contributed by atoms with Gasteiger partial charge in [-0.3, -0.25) is 14.5 Å². The molecule has 2 unspecified atom stereocenters. The van der Waals surface area contributed by atoms with E-state index in [1.807, 2.05) is 31.0 Å². The third-order valence-corrected chi connectivity index (χ3v) is 6.95.